The highest BCUT2D eigenvalue weighted by Crippen LogP contribution is 2.47. The number of hydrogen-bond acceptors (Lipinski definition) is 18. The SMILES string of the molecule is COc1cc2c(cc1-c1cccc(NC(=O)C3OC(CNC(=O)CN4CCN(CC(=O)O)CCN(CC(=O)O)CCN(CC(=O)O)CC4)OC(O)C3O)c1)-c1c(c(C(=O)N3CCOCC3(C)C)nn1-c1cc(Cl)cc(Cl)c1)CO2. The van der Waals surface area contributed by atoms with Crippen molar-refractivity contribution in [3.8, 4) is 39.6 Å². The number of hydrogen-bond donors (Lipinski definition) is 7. The lowest BCUT2D eigenvalue weighted by Crippen LogP contribution is -2.57. The van der Waals surface area contributed by atoms with E-state index in [1.165, 1.54) is 7.11 Å². The molecule has 4 atom stereocenters. The number of morpholine rings is 1. The van der Waals surface area contributed by atoms with Crippen molar-refractivity contribution in [3.05, 3.63) is 75.9 Å². The Hall–Kier alpha value is -6.49. The van der Waals surface area contributed by atoms with Crippen LogP contribution in [0, 0.1) is 0 Å². The molecule has 4 unspecified atom stereocenters. The second kappa shape index (κ2) is 25.7. The standard InChI is InChI=1S/C52H63Cl2N9O16/c1-52(2)29-76-16-15-62(52)50(73)45-37-28-77-39-22-38(75-3)35(21-36(39)46(37)63(57-45)34-19-31(53)18-32(54)20-34)30-5-4-6-33(17-30)56-49(72)48-47(71)51(74)79-44(78-48)23-55-40(64)24-58-7-9-59(25-41(65)66)11-13-61(27-43(69)70)14-12-60(10-8-58)26-42(67)68/h4-6,17-22,44,47-48,51,71,74H,7-16,23-29H2,1-3H3,(H,55,64)(H,56,72)(H,65,66)(H,67,68)(H,69,70). The molecule has 25 nitrogen and oxygen atoms in total. The number of anilines is 1. The predicted octanol–water partition coefficient (Wildman–Crippen LogP) is 1.62. The maximum Gasteiger partial charge on any atom is 0.317 e. The molecular weight excluding hydrogens is 1080 g/mol. The second-order valence-corrected chi connectivity index (χ2v) is 20.9. The van der Waals surface area contributed by atoms with Crippen molar-refractivity contribution in [1.82, 2.24) is 39.6 Å². The van der Waals surface area contributed by atoms with Gasteiger partial charge in [0.15, 0.2) is 24.4 Å². The topological polar surface area (TPSA) is 308 Å². The average Bonchev–Trinajstić information content (AvgIpc) is 4.02. The van der Waals surface area contributed by atoms with Crippen LogP contribution >= 0.6 is 23.2 Å². The maximum absolute atomic E-state index is 14.5. The lowest BCUT2D eigenvalue weighted by atomic mass is 9.95. The van der Waals surface area contributed by atoms with Crippen LogP contribution in [-0.4, -0.2) is 238 Å². The Kier molecular flexibility index (Phi) is 19.1. The van der Waals surface area contributed by atoms with Crippen molar-refractivity contribution in [1.29, 1.82) is 0 Å². The highest BCUT2D eigenvalue weighted by atomic mass is 35.5. The molecule has 0 aliphatic carbocycles. The normalized spacial score (nSPS) is 21.5. The number of carbonyl (C=O) groups excluding carboxylic acids is 3. The van der Waals surface area contributed by atoms with E-state index in [9.17, 15) is 54.3 Å². The molecule has 4 aliphatic rings. The van der Waals surface area contributed by atoms with Crippen LogP contribution in [-0.2, 0) is 44.8 Å². The largest absolute Gasteiger partial charge is 0.496 e. The monoisotopic (exact) mass is 1140 g/mol. The molecule has 4 aromatic rings. The second-order valence-electron chi connectivity index (χ2n) is 20.0. The number of aliphatic hydroxyl groups is 2. The molecule has 8 rings (SSSR count). The number of nitrogens with zero attached hydrogens (tertiary/aromatic N) is 7. The van der Waals surface area contributed by atoms with Crippen LogP contribution in [0.25, 0.3) is 28.1 Å². The number of amides is 3. The van der Waals surface area contributed by atoms with E-state index in [4.69, 9.17) is 52.0 Å². The van der Waals surface area contributed by atoms with E-state index in [1.54, 1.807) is 77.7 Å². The van der Waals surface area contributed by atoms with Crippen LogP contribution in [0.15, 0.2) is 54.6 Å². The summed E-state index contributed by atoms with van der Waals surface area (Å²) in [5.41, 5.74) is 3.04. The summed E-state index contributed by atoms with van der Waals surface area (Å²) in [6.45, 7) is 4.82. The average molecular weight is 1140 g/mol. The minimum Gasteiger partial charge on any atom is -0.496 e. The quantitative estimate of drug-likeness (QED) is 0.0838. The van der Waals surface area contributed by atoms with Gasteiger partial charge in [0.05, 0.1) is 70.0 Å². The molecule has 3 amide bonds. The summed E-state index contributed by atoms with van der Waals surface area (Å²) in [4.78, 5) is 85.2. The molecule has 0 saturated carbocycles. The van der Waals surface area contributed by atoms with Gasteiger partial charge in [-0.25, -0.2) is 4.68 Å². The van der Waals surface area contributed by atoms with Crippen LogP contribution in [0.5, 0.6) is 11.5 Å². The van der Waals surface area contributed by atoms with Gasteiger partial charge in [0.25, 0.3) is 11.8 Å². The van der Waals surface area contributed by atoms with E-state index < -0.39 is 60.0 Å². The van der Waals surface area contributed by atoms with Gasteiger partial charge < -0.3 is 64.8 Å². The number of methoxy groups -OCH3 is 1. The zero-order valence-electron chi connectivity index (χ0n) is 43.6. The third-order valence-corrected chi connectivity index (χ3v) is 14.3. The van der Waals surface area contributed by atoms with Gasteiger partial charge in [-0.15, -0.1) is 0 Å². The fourth-order valence-electron chi connectivity index (χ4n) is 9.85. The van der Waals surface area contributed by atoms with Crippen molar-refractivity contribution in [2.75, 3.05) is 117 Å². The lowest BCUT2D eigenvalue weighted by Gasteiger charge is -2.41. The van der Waals surface area contributed by atoms with Gasteiger partial charge in [0.1, 0.15) is 24.2 Å². The molecule has 426 valence electrons. The van der Waals surface area contributed by atoms with E-state index in [2.05, 4.69) is 10.6 Å². The number of rotatable bonds is 16. The first kappa shape index (κ1) is 58.7. The molecule has 1 aromatic heterocycles. The zero-order valence-corrected chi connectivity index (χ0v) is 45.2. The van der Waals surface area contributed by atoms with Crippen molar-refractivity contribution in [2.45, 2.75) is 50.8 Å². The molecule has 79 heavy (non-hydrogen) atoms. The Bertz CT molecular complexity index is 2880. The molecular formula is C52H63Cl2N9O16. The summed E-state index contributed by atoms with van der Waals surface area (Å²) < 4.78 is 30.8. The van der Waals surface area contributed by atoms with Crippen LogP contribution in [0.3, 0.4) is 0 Å². The fraction of sp³-hybridized carbons (Fsp3) is 0.481. The predicted molar refractivity (Wildman–Crippen MR) is 283 cm³/mol. The van der Waals surface area contributed by atoms with E-state index >= 15 is 0 Å². The maximum atomic E-state index is 14.5. The molecule has 0 radical (unpaired) electrons. The summed E-state index contributed by atoms with van der Waals surface area (Å²) in [5.74, 6) is -4.15. The van der Waals surface area contributed by atoms with E-state index in [0.29, 0.717) is 74.9 Å². The van der Waals surface area contributed by atoms with Crippen molar-refractivity contribution >= 4 is 64.5 Å². The number of aromatic nitrogens is 2. The van der Waals surface area contributed by atoms with Gasteiger partial charge in [-0.3, -0.25) is 48.4 Å². The number of fused-ring (bicyclic) bond motifs is 3. The van der Waals surface area contributed by atoms with Crippen LogP contribution in [0.2, 0.25) is 10.0 Å². The van der Waals surface area contributed by atoms with Gasteiger partial charge in [0.2, 0.25) is 5.91 Å². The third-order valence-electron chi connectivity index (χ3n) is 13.8. The first-order valence-corrected chi connectivity index (χ1v) is 26.1. The summed E-state index contributed by atoms with van der Waals surface area (Å²) in [6.07, 6.45) is -6.86. The number of halogens is 2. The number of carboxylic acids is 3. The molecule has 0 bridgehead atoms. The highest BCUT2D eigenvalue weighted by Gasteiger charge is 2.43. The highest BCUT2D eigenvalue weighted by molar-refractivity contribution is 6.34. The molecule has 5 heterocycles. The molecule has 27 heteroatoms. The molecule has 4 aliphatic heterocycles. The van der Waals surface area contributed by atoms with Gasteiger partial charge in [-0.1, -0.05) is 35.3 Å². The van der Waals surface area contributed by atoms with Crippen LogP contribution < -0.4 is 20.1 Å². The number of carbonyl (C=O) groups is 6. The first-order valence-electron chi connectivity index (χ1n) is 25.4. The number of benzene rings is 3. The van der Waals surface area contributed by atoms with Gasteiger partial charge in [-0.05, 0) is 55.8 Å². The Morgan fingerprint density at radius 3 is 1.92 bits per heavy atom. The Morgan fingerprint density at radius 1 is 0.759 bits per heavy atom. The minimum absolute atomic E-state index is 0.000329. The summed E-state index contributed by atoms with van der Waals surface area (Å²) in [7, 11) is 1.49. The number of aliphatic carboxylic acids is 3. The fourth-order valence-corrected chi connectivity index (χ4v) is 10.4. The smallest absolute Gasteiger partial charge is 0.317 e. The van der Waals surface area contributed by atoms with Gasteiger partial charge in [0, 0.05) is 97.4 Å². The summed E-state index contributed by atoms with van der Waals surface area (Å²) in [5, 5.41) is 61.3. The van der Waals surface area contributed by atoms with Crippen molar-refractivity contribution < 1.29 is 78.0 Å². The lowest BCUT2D eigenvalue weighted by molar-refractivity contribution is -0.323. The van der Waals surface area contributed by atoms with Gasteiger partial charge in [-0.2, -0.15) is 5.10 Å². The van der Waals surface area contributed by atoms with E-state index in [-0.39, 0.29) is 109 Å². The number of aliphatic hydroxyl groups excluding tert-OH is 2. The number of carboxylic acid groups (broad SMARTS) is 3. The van der Waals surface area contributed by atoms with Crippen LogP contribution in [0.4, 0.5) is 5.69 Å². The molecule has 0 spiro atoms. The molecule has 3 fully saturated rings. The Balaban J connectivity index is 0.972. The first-order chi connectivity index (χ1) is 37.7. The zero-order chi connectivity index (χ0) is 56.7. The van der Waals surface area contributed by atoms with Crippen molar-refractivity contribution in [2.24, 2.45) is 0 Å². The van der Waals surface area contributed by atoms with E-state index in [0.717, 1.165) is 0 Å². The molecule has 7 N–H and O–H groups in total. The minimum atomic E-state index is -1.90. The number of nitrogens with one attached hydrogen (secondary N) is 2. The molecule has 3 saturated heterocycles. The van der Waals surface area contributed by atoms with Gasteiger partial charge >= 0.3 is 17.9 Å². The van der Waals surface area contributed by atoms with Crippen molar-refractivity contribution in [3.63, 3.8) is 0 Å². The Morgan fingerprint density at radius 2 is 1.35 bits per heavy atom. The summed E-state index contributed by atoms with van der Waals surface area (Å²) in [6, 6.07) is 15.2. The van der Waals surface area contributed by atoms with E-state index in [1.807, 2.05) is 19.9 Å². The van der Waals surface area contributed by atoms with Crippen LogP contribution in [0.1, 0.15) is 29.9 Å². The molecule has 3 aromatic carbocycles. The Labute approximate surface area is 464 Å². The third kappa shape index (κ3) is 14.7. The number of ether oxygens (including phenoxy) is 5. The summed E-state index contributed by atoms with van der Waals surface area (Å²) >= 11 is 13.0.